The quantitative estimate of drug-likeness (QED) is 0.857. The van der Waals surface area contributed by atoms with E-state index < -0.39 is 0 Å². The Morgan fingerprint density at radius 3 is 3.19 bits per heavy atom. The number of hydrogen-bond acceptors (Lipinski definition) is 4. The average Bonchev–Trinajstić information content (AvgIpc) is 2.70. The molecule has 0 radical (unpaired) electrons. The van der Waals surface area contributed by atoms with Crippen molar-refractivity contribution >= 4 is 11.3 Å². The van der Waals surface area contributed by atoms with E-state index in [2.05, 4.69) is 5.32 Å². The van der Waals surface area contributed by atoms with Crippen molar-refractivity contribution < 1.29 is 4.74 Å². The second-order valence-electron chi connectivity index (χ2n) is 4.20. The molecule has 4 heteroatoms. The van der Waals surface area contributed by atoms with Crippen LogP contribution in [0.3, 0.4) is 0 Å². The number of nitrogens with one attached hydrogen (secondary N) is 1. The zero-order valence-electron chi connectivity index (χ0n) is 10.1. The van der Waals surface area contributed by atoms with Crippen LogP contribution in [0, 0.1) is 0 Å². The molecule has 3 nitrogen and oxygen atoms in total. The molecule has 1 unspecified atom stereocenters. The summed E-state index contributed by atoms with van der Waals surface area (Å²) in [6, 6.07) is 0. The Hall–Kier alpha value is -0.450. The molecule has 0 aliphatic heterocycles. The van der Waals surface area contributed by atoms with Crippen molar-refractivity contribution in [3.05, 3.63) is 15.6 Å². The maximum absolute atomic E-state index is 5.42. The second kappa shape index (κ2) is 5.75. The molecule has 1 aromatic heterocycles. The normalized spacial score (nSPS) is 19.8. The van der Waals surface area contributed by atoms with Crippen LogP contribution in [0.25, 0.3) is 0 Å². The van der Waals surface area contributed by atoms with Crippen LogP contribution in [0.1, 0.15) is 41.3 Å². The SMILES string of the molecule is CCOCc1nc2c(s1)CCCC2CNC. The van der Waals surface area contributed by atoms with Gasteiger partial charge in [0, 0.05) is 23.9 Å². The molecule has 0 aromatic carbocycles. The van der Waals surface area contributed by atoms with E-state index in [1.807, 2.05) is 25.3 Å². The number of likely N-dealkylation sites (N-methyl/N-ethyl adjacent to an activating group) is 1. The predicted molar refractivity (Wildman–Crippen MR) is 67.0 cm³/mol. The largest absolute Gasteiger partial charge is 0.375 e. The summed E-state index contributed by atoms with van der Waals surface area (Å²) in [4.78, 5) is 6.23. The van der Waals surface area contributed by atoms with Crippen molar-refractivity contribution in [1.82, 2.24) is 10.3 Å². The van der Waals surface area contributed by atoms with Gasteiger partial charge in [-0.3, -0.25) is 0 Å². The van der Waals surface area contributed by atoms with E-state index >= 15 is 0 Å². The number of rotatable bonds is 5. The van der Waals surface area contributed by atoms with E-state index in [0.717, 1.165) is 18.2 Å². The summed E-state index contributed by atoms with van der Waals surface area (Å²) < 4.78 is 5.42. The summed E-state index contributed by atoms with van der Waals surface area (Å²) in [5, 5.41) is 4.41. The third kappa shape index (κ3) is 2.62. The van der Waals surface area contributed by atoms with E-state index in [-0.39, 0.29) is 0 Å². The van der Waals surface area contributed by atoms with Gasteiger partial charge < -0.3 is 10.1 Å². The third-order valence-corrected chi connectivity index (χ3v) is 4.10. The van der Waals surface area contributed by atoms with Crippen LogP contribution in [0.4, 0.5) is 0 Å². The molecular weight excluding hydrogens is 220 g/mol. The Labute approximate surface area is 101 Å². The smallest absolute Gasteiger partial charge is 0.119 e. The first-order valence-electron chi connectivity index (χ1n) is 6.06. The third-order valence-electron chi connectivity index (χ3n) is 3.00. The van der Waals surface area contributed by atoms with Gasteiger partial charge in [0.1, 0.15) is 5.01 Å². The molecular formula is C12H20N2OS. The van der Waals surface area contributed by atoms with E-state index in [9.17, 15) is 0 Å². The lowest BCUT2D eigenvalue weighted by Crippen LogP contribution is -2.21. The lowest BCUT2D eigenvalue weighted by atomic mass is 9.91. The number of aromatic nitrogens is 1. The molecule has 0 fully saturated rings. The number of ether oxygens (including phenoxy) is 1. The fraction of sp³-hybridized carbons (Fsp3) is 0.750. The molecule has 0 amide bonds. The minimum atomic E-state index is 0.611. The standard InChI is InChI=1S/C12H20N2OS/c1-3-15-8-11-14-12-9(7-13-2)5-4-6-10(12)16-11/h9,13H,3-8H2,1-2H3. The van der Waals surface area contributed by atoms with Gasteiger partial charge in [0.25, 0.3) is 0 Å². The summed E-state index contributed by atoms with van der Waals surface area (Å²) in [6.07, 6.45) is 3.78. The number of nitrogens with zero attached hydrogens (tertiary/aromatic N) is 1. The molecule has 0 saturated carbocycles. The Morgan fingerprint density at radius 2 is 2.44 bits per heavy atom. The number of hydrogen-bond donors (Lipinski definition) is 1. The van der Waals surface area contributed by atoms with Gasteiger partial charge >= 0.3 is 0 Å². The van der Waals surface area contributed by atoms with Crippen LogP contribution in [0.15, 0.2) is 0 Å². The van der Waals surface area contributed by atoms with E-state index in [4.69, 9.17) is 9.72 Å². The molecule has 1 atom stereocenters. The van der Waals surface area contributed by atoms with Crippen molar-refractivity contribution in [3.8, 4) is 0 Å². The van der Waals surface area contributed by atoms with Crippen molar-refractivity contribution in [1.29, 1.82) is 0 Å². The molecule has 90 valence electrons. The van der Waals surface area contributed by atoms with Crippen molar-refractivity contribution in [2.45, 2.75) is 38.7 Å². The summed E-state index contributed by atoms with van der Waals surface area (Å²) in [5.74, 6) is 0.611. The van der Waals surface area contributed by atoms with Gasteiger partial charge in [-0.15, -0.1) is 11.3 Å². The zero-order chi connectivity index (χ0) is 11.4. The minimum absolute atomic E-state index is 0.611. The zero-order valence-corrected chi connectivity index (χ0v) is 10.9. The van der Waals surface area contributed by atoms with E-state index in [1.165, 1.54) is 29.8 Å². The average molecular weight is 240 g/mol. The van der Waals surface area contributed by atoms with Gasteiger partial charge in [0.2, 0.25) is 0 Å². The van der Waals surface area contributed by atoms with Crippen LogP contribution in [-0.2, 0) is 17.8 Å². The highest BCUT2D eigenvalue weighted by Crippen LogP contribution is 2.34. The first-order chi connectivity index (χ1) is 7.85. The molecule has 0 spiro atoms. The van der Waals surface area contributed by atoms with Crippen LogP contribution < -0.4 is 5.32 Å². The number of thiazole rings is 1. The summed E-state index contributed by atoms with van der Waals surface area (Å²) >= 11 is 1.84. The van der Waals surface area contributed by atoms with Gasteiger partial charge in [-0.25, -0.2) is 4.98 Å². The molecule has 16 heavy (non-hydrogen) atoms. The highest BCUT2D eigenvalue weighted by Gasteiger charge is 2.23. The van der Waals surface area contributed by atoms with Crippen molar-refractivity contribution in [3.63, 3.8) is 0 Å². The first-order valence-corrected chi connectivity index (χ1v) is 6.87. The lowest BCUT2D eigenvalue weighted by Gasteiger charge is -2.20. The van der Waals surface area contributed by atoms with Gasteiger partial charge in [-0.05, 0) is 33.2 Å². The first kappa shape index (κ1) is 12.0. The number of fused-ring (bicyclic) bond motifs is 1. The fourth-order valence-corrected chi connectivity index (χ4v) is 3.39. The van der Waals surface area contributed by atoms with Gasteiger partial charge in [0.05, 0.1) is 12.3 Å². The maximum atomic E-state index is 5.42. The summed E-state index contributed by atoms with van der Waals surface area (Å²) in [7, 11) is 2.02. The molecule has 1 aliphatic carbocycles. The molecule has 1 aliphatic rings. The highest BCUT2D eigenvalue weighted by atomic mass is 32.1. The Kier molecular flexibility index (Phi) is 4.32. The molecule has 2 rings (SSSR count). The summed E-state index contributed by atoms with van der Waals surface area (Å²) in [5.41, 5.74) is 1.33. The maximum Gasteiger partial charge on any atom is 0.119 e. The number of aryl methyl sites for hydroxylation is 1. The van der Waals surface area contributed by atoms with Crippen LogP contribution in [0.5, 0.6) is 0 Å². The van der Waals surface area contributed by atoms with Crippen molar-refractivity contribution in [2.24, 2.45) is 0 Å². The highest BCUT2D eigenvalue weighted by molar-refractivity contribution is 7.11. The molecule has 1 heterocycles. The molecule has 0 bridgehead atoms. The second-order valence-corrected chi connectivity index (χ2v) is 5.37. The monoisotopic (exact) mass is 240 g/mol. The molecule has 1 N–H and O–H groups in total. The fourth-order valence-electron chi connectivity index (χ4n) is 2.25. The van der Waals surface area contributed by atoms with Gasteiger partial charge in [0.15, 0.2) is 0 Å². The molecule has 1 aromatic rings. The Bertz CT molecular complexity index is 338. The van der Waals surface area contributed by atoms with E-state index in [1.54, 1.807) is 0 Å². The molecule has 0 saturated heterocycles. The van der Waals surface area contributed by atoms with Crippen LogP contribution in [-0.4, -0.2) is 25.2 Å². The van der Waals surface area contributed by atoms with Crippen LogP contribution in [0.2, 0.25) is 0 Å². The predicted octanol–water partition coefficient (Wildman–Crippen LogP) is 2.32. The van der Waals surface area contributed by atoms with Crippen LogP contribution >= 0.6 is 11.3 Å². The summed E-state index contributed by atoms with van der Waals surface area (Å²) in [6.45, 7) is 4.52. The topological polar surface area (TPSA) is 34.1 Å². The van der Waals surface area contributed by atoms with Gasteiger partial charge in [-0.2, -0.15) is 0 Å². The van der Waals surface area contributed by atoms with E-state index in [0.29, 0.717) is 12.5 Å². The lowest BCUT2D eigenvalue weighted by molar-refractivity contribution is 0.133. The van der Waals surface area contributed by atoms with Gasteiger partial charge in [-0.1, -0.05) is 0 Å². The minimum Gasteiger partial charge on any atom is -0.375 e. The van der Waals surface area contributed by atoms with Crippen molar-refractivity contribution in [2.75, 3.05) is 20.2 Å². The Balaban J connectivity index is 2.10. The Morgan fingerprint density at radius 1 is 1.56 bits per heavy atom.